The summed E-state index contributed by atoms with van der Waals surface area (Å²) in [4.78, 5) is 57.6. The first kappa shape index (κ1) is 23.0. The summed E-state index contributed by atoms with van der Waals surface area (Å²) in [5, 5.41) is 5.28. The van der Waals surface area contributed by atoms with Crippen LogP contribution in [0.2, 0.25) is 0 Å². The molecule has 2 amide bonds. The first-order chi connectivity index (χ1) is 16.3. The molecule has 2 heterocycles. The molecule has 0 saturated heterocycles. The van der Waals surface area contributed by atoms with E-state index < -0.39 is 23.1 Å². The topological polar surface area (TPSA) is 126 Å². The molecule has 0 radical (unpaired) electrons. The molecule has 2 aromatic heterocycles. The van der Waals surface area contributed by atoms with Gasteiger partial charge in [-0.25, -0.2) is 9.78 Å². The maximum Gasteiger partial charge on any atom is 0.330 e. The minimum atomic E-state index is -0.685. The highest BCUT2D eigenvalue weighted by Crippen LogP contribution is 2.39. The fraction of sp³-hybridized carbons (Fsp3) is 0.320. The number of aromatic nitrogens is 3. The number of hydrogen-bond donors (Lipinski definition) is 3. The molecule has 1 aliphatic rings. The number of aromatic amines is 1. The number of benzene rings is 1. The van der Waals surface area contributed by atoms with Crippen molar-refractivity contribution in [2.24, 2.45) is 5.92 Å². The largest absolute Gasteiger partial charge is 0.343 e. The predicted molar refractivity (Wildman–Crippen MR) is 129 cm³/mol. The summed E-state index contributed by atoms with van der Waals surface area (Å²) in [5.41, 5.74) is 0.816. The summed E-state index contributed by atoms with van der Waals surface area (Å²) in [6.45, 7) is 3.91. The average molecular weight is 460 g/mol. The van der Waals surface area contributed by atoms with Crippen molar-refractivity contribution in [3.8, 4) is 12.3 Å². The normalized spacial score (nSPS) is 13.0. The van der Waals surface area contributed by atoms with Crippen LogP contribution in [0.15, 0.2) is 39.9 Å². The lowest BCUT2D eigenvalue weighted by Gasteiger charge is -2.15. The Balaban J connectivity index is 1.64. The summed E-state index contributed by atoms with van der Waals surface area (Å²) in [7, 11) is 0. The second-order valence-electron chi connectivity index (χ2n) is 8.79. The maximum absolute atomic E-state index is 13.1. The van der Waals surface area contributed by atoms with E-state index in [4.69, 9.17) is 6.42 Å². The van der Waals surface area contributed by atoms with Gasteiger partial charge < -0.3 is 10.6 Å². The van der Waals surface area contributed by atoms with Gasteiger partial charge in [0.2, 0.25) is 5.91 Å². The molecule has 1 fully saturated rings. The van der Waals surface area contributed by atoms with Crippen molar-refractivity contribution in [1.82, 2.24) is 19.9 Å². The lowest BCUT2D eigenvalue weighted by atomic mass is 10.1. The summed E-state index contributed by atoms with van der Waals surface area (Å²) in [6.07, 6.45) is 7.23. The van der Waals surface area contributed by atoms with Crippen molar-refractivity contribution in [2.45, 2.75) is 39.2 Å². The molecule has 1 aliphatic carbocycles. The van der Waals surface area contributed by atoms with Gasteiger partial charge in [0.15, 0.2) is 5.65 Å². The number of carbonyl (C=O) groups is 2. The monoisotopic (exact) mass is 459 g/mol. The number of pyridine rings is 1. The minimum Gasteiger partial charge on any atom is -0.343 e. The van der Waals surface area contributed by atoms with E-state index in [-0.39, 0.29) is 35.0 Å². The third kappa shape index (κ3) is 4.91. The van der Waals surface area contributed by atoms with E-state index in [0.717, 1.165) is 12.8 Å². The van der Waals surface area contributed by atoms with E-state index in [2.05, 4.69) is 26.5 Å². The smallest absolute Gasteiger partial charge is 0.330 e. The number of fused-ring (bicyclic) bond motifs is 1. The fourth-order valence-corrected chi connectivity index (χ4v) is 3.74. The number of carbonyl (C=O) groups excluding carboxylic acids is 2. The molecule has 0 aliphatic heterocycles. The highest BCUT2D eigenvalue weighted by molar-refractivity contribution is 6.07. The Morgan fingerprint density at radius 3 is 2.71 bits per heavy atom. The van der Waals surface area contributed by atoms with Crippen LogP contribution >= 0.6 is 0 Å². The summed E-state index contributed by atoms with van der Waals surface area (Å²) in [6, 6.07) is 8.37. The van der Waals surface area contributed by atoms with Crippen molar-refractivity contribution in [3.63, 3.8) is 0 Å². The Morgan fingerprint density at radius 1 is 1.26 bits per heavy atom. The molecule has 3 N–H and O–H groups in total. The SMILES string of the molecule is C#Cc1cccc(NC(=O)CNC(=O)c2cc(C3CC3)nc3c2c(=O)[nH]c(=O)n3CC(C)C)c1. The third-order valence-corrected chi connectivity index (χ3v) is 5.48. The lowest BCUT2D eigenvalue weighted by molar-refractivity contribution is -0.115. The molecule has 0 atom stereocenters. The molecule has 34 heavy (non-hydrogen) atoms. The predicted octanol–water partition coefficient (Wildman–Crippen LogP) is 1.97. The molecule has 9 nitrogen and oxygen atoms in total. The Hall–Kier alpha value is -4.19. The van der Waals surface area contributed by atoms with Gasteiger partial charge in [0, 0.05) is 29.4 Å². The highest BCUT2D eigenvalue weighted by atomic mass is 16.2. The van der Waals surface area contributed by atoms with Gasteiger partial charge in [-0.3, -0.25) is 23.9 Å². The van der Waals surface area contributed by atoms with Crippen LogP contribution in [0, 0.1) is 18.3 Å². The van der Waals surface area contributed by atoms with Gasteiger partial charge in [-0.15, -0.1) is 6.42 Å². The first-order valence-corrected chi connectivity index (χ1v) is 11.1. The first-order valence-electron chi connectivity index (χ1n) is 11.1. The van der Waals surface area contributed by atoms with Crippen molar-refractivity contribution >= 4 is 28.5 Å². The van der Waals surface area contributed by atoms with Gasteiger partial charge >= 0.3 is 5.69 Å². The molecule has 3 aromatic rings. The number of rotatable bonds is 7. The number of anilines is 1. The highest BCUT2D eigenvalue weighted by Gasteiger charge is 2.29. The number of nitrogens with one attached hydrogen (secondary N) is 3. The van der Waals surface area contributed by atoms with E-state index in [1.165, 1.54) is 4.57 Å². The molecular formula is C25H25N5O4. The third-order valence-electron chi connectivity index (χ3n) is 5.48. The molecule has 4 rings (SSSR count). The average Bonchev–Trinajstić information content (AvgIpc) is 3.65. The molecule has 0 spiro atoms. The standard InChI is InChI=1S/C25H25N5O4/c1-4-15-6-5-7-17(10-15)27-20(31)12-26-23(32)18-11-19(16-8-9-16)28-22-21(18)24(33)29-25(34)30(22)13-14(2)3/h1,5-7,10-11,14,16H,8-9,12-13H2,2-3H3,(H,26,32)(H,27,31)(H,29,33,34). The van der Waals surface area contributed by atoms with Gasteiger partial charge in [-0.05, 0) is 43.0 Å². The number of nitrogens with zero attached hydrogens (tertiary/aromatic N) is 2. The van der Waals surface area contributed by atoms with Crippen molar-refractivity contribution in [2.75, 3.05) is 11.9 Å². The van der Waals surface area contributed by atoms with Crippen LogP contribution < -0.4 is 21.9 Å². The Kier molecular flexibility index (Phi) is 6.32. The number of hydrogen-bond acceptors (Lipinski definition) is 5. The number of terminal acetylenes is 1. The maximum atomic E-state index is 13.1. The van der Waals surface area contributed by atoms with Crippen molar-refractivity contribution in [1.29, 1.82) is 0 Å². The Bertz CT molecular complexity index is 1440. The van der Waals surface area contributed by atoms with E-state index in [9.17, 15) is 19.2 Å². The van der Waals surface area contributed by atoms with Crippen LogP contribution in [0.5, 0.6) is 0 Å². The zero-order valence-electron chi connectivity index (χ0n) is 19.0. The minimum absolute atomic E-state index is 0.0317. The molecule has 174 valence electrons. The number of H-pyrrole nitrogens is 1. The lowest BCUT2D eigenvalue weighted by Crippen LogP contribution is -2.36. The van der Waals surface area contributed by atoms with Gasteiger partial charge in [-0.2, -0.15) is 0 Å². The van der Waals surface area contributed by atoms with Gasteiger partial charge in [0.25, 0.3) is 11.5 Å². The Labute approximate surface area is 195 Å². The number of amides is 2. The van der Waals surface area contributed by atoms with Crippen molar-refractivity contribution < 1.29 is 9.59 Å². The quantitative estimate of drug-likeness (QED) is 0.466. The zero-order chi connectivity index (χ0) is 24.4. The van der Waals surface area contributed by atoms with Crippen LogP contribution in [0.4, 0.5) is 5.69 Å². The van der Waals surface area contributed by atoms with Crippen LogP contribution in [0.3, 0.4) is 0 Å². The molecule has 0 unspecified atom stereocenters. The summed E-state index contributed by atoms with van der Waals surface area (Å²) in [5.74, 6) is 1.75. The van der Waals surface area contributed by atoms with E-state index >= 15 is 0 Å². The van der Waals surface area contributed by atoms with Gasteiger partial charge in [0.1, 0.15) is 0 Å². The van der Waals surface area contributed by atoms with Crippen LogP contribution in [-0.2, 0) is 11.3 Å². The Morgan fingerprint density at radius 2 is 2.03 bits per heavy atom. The molecule has 1 aromatic carbocycles. The molecular weight excluding hydrogens is 434 g/mol. The second kappa shape index (κ2) is 9.35. The fourth-order valence-electron chi connectivity index (χ4n) is 3.74. The van der Waals surface area contributed by atoms with Gasteiger partial charge in [0.05, 0.1) is 17.5 Å². The second-order valence-corrected chi connectivity index (χ2v) is 8.79. The summed E-state index contributed by atoms with van der Waals surface area (Å²) >= 11 is 0. The van der Waals surface area contributed by atoms with E-state index in [1.807, 2.05) is 13.8 Å². The van der Waals surface area contributed by atoms with E-state index in [1.54, 1.807) is 30.3 Å². The molecule has 0 bridgehead atoms. The zero-order valence-corrected chi connectivity index (χ0v) is 19.0. The summed E-state index contributed by atoms with van der Waals surface area (Å²) < 4.78 is 1.40. The van der Waals surface area contributed by atoms with Crippen LogP contribution in [0.1, 0.15) is 54.2 Å². The van der Waals surface area contributed by atoms with Crippen LogP contribution in [0.25, 0.3) is 11.0 Å². The van der Waals surface area contributed by atoms with Crippen molar-refractivity contribution in [3.05, 3.63) is 68.0 Å². The molecule has 9 heteroatoms. The van der Waals surface area contributed by atoms with Gasteiger partial charge in [-0.1, -0.05) is 25.8 Å². The van der Waals surface area contributed by atoms with E-state index in [0.29, 0.717) is 23.5 Å². The molecule has 1 saturated carbocycles. The van der Waals surface area contributed by atoms with Crippen LogP contribution in [-0.4, -0.2) is 32.9 Å².